The SMILES string of the molecule is C=CC(F)(F)Oc1ccc(-c2noc(CC(CO)NC(=S)Nc3ccc(Cl)cc3)n2)cc1. The lowest BCUT2D eigenvalue weighted by molar-refractivity contribution is -0.131. The lowest BCUT2D eigenvalue weighted by Crippen LogP contribution is -2.41. The highest BCUT2D eigenvalue weighted by Gasteiger charge is 2.26. The molecule has 3 rings (SSSR count). The van der Waals surface area contributed by atoms with E-state index >= 15 is 0 Å². The van der Waals surface area contributed by atoms with Crippen molar-refractivity contribution in [3.8, 4) is 17.1 Å². The molecule has 3 N–H and O–H groups in total. The number of thiocarbonyl (C=S) groups is 1. The molecule has 0 spiro atoms. The van der Waals surface area contributed by atoms with Crippen molar-refractivity contribution in [3.63, 3.8) is 0 Å². The van der Waals surface area contributed by atoms with Crippen LogP contribution in [0.1, 0.15) is 5.89 Å². The highest BCUT2D eigenvalue weighted by Crippen LogP contribution is 2.25. The smallest absolute Gasteiger partial charge is 0.419 e. The second kappa shape index (κ2) is 10.5. The Labute approximate surface area is 193 Å². The first-order chi connectivity index (χ1) is 15.3. The molecule has 0 saturated carbocycles. The molecule has 0 bridgehead atoms. The molecule has 1 atom stereocenters. The predicted molar refractivity (Wildman–Crippen MR) is 121 cm³/mol. The zero-order chi connectivity index (χ0) is 23.1. The van der Waals surface area contributed by atoms with E-state index in [4.69, 9.17) is 28.3 Å². The molecule has 0 aliphatic rings. The summed E-state index contributed by atoms with van der Waals surface area (Å²) in [5.41, 5.74) is 1.28. The van der Waals surface area contributed by atoms with Crippen LogP contribution in [0.5, 0.6) is 5.75 Å². The van der Waals surface area contributed by atoms with E-state index in [1.807, 2.05) is 0 Å². The highest BCUT2D eigenvalue weighted by molar-refractivity contribution is 7.80. The van der Waals surface area contributed by atoms with Gasteiger partial charge in [-0.1, -0.05) is 23.3 Å². The predicted octanol–water partition coefficient (Wildman–Crippen LogP) is 4.44. The van der Waals surface area contributed by atoms with E-state index in [0.717, 1.165) is 5.69 Å². The van der Waals surface area contributed by atoms with Crippen molar-refractivity contribution in [1.29, 1.82) is 0 Å². The molecule has 0 saturated heterocycles. The van der Waals surface area contributed by atoms with Crippen LogP contribution in [-0.2, 0) is 6.42 Å². The molecule has 1 unspecified atom stereocenters. The van der Waals surface area contributed by atoms with Crippen LogP contribution in [0.15, 0.2) is 65.7 Å². The van der Waals surface area contributed by atoms with Crippen molar-refractivity contribution in [1.82, 2.24) is 15.5 Å². The Morgan fingerprint density at radius 1 is 1.25 bits per heavy atom. The average Bonchev–Trinajstić information content (AvgIpc) is 3.23. The van der Waals surface area contributed by atoms with Gasteiger partial charge in [0.2, 0.25) is 11.7 Å². The summed E-state index contributed by atoms with van der Waals surface area (Å²) in [5, 5.41) is 20.4. The van der Waals surface area contributed by atoms with Gasteiger partial charge in [0, 0.05) is 28.8 Å². The van der Waals surface area contributed by atoms with Crippen molar-refractivity contribution in [2.45, 2.75) is 18.6 Å². The fourth-order valence-corrected chi connectivity index (χ4v) is 2.99. The molecule has 0 amide bonds. The lowest BCUT2D eigenvalue weighted by atomic mass is 10.2. The molecule has 1 heterocycles. The first kappa shape index (κ1) is 23.6. The van der Waals surface area contributed by atoms with Crippen LogP contribution in [0.4, 0.5) is 14.5 Å². The summed E-state index contributed by atoms with van der Waals surface area (Å²) in [6.07, 6.45) is -2.84. The van der Waals surface area contributed by atoms with Crippen molar-refractivity contribution in [3.05, 3.63) is 72.1 Å². The summed E-state index contributed by atoms with van der Waals surface area (Å²) in [6.45, 7) is 2.79. The maximum Gasteiger partial charge on any atom is 0.419 e. The Bertz CT molecular complexity index is 1060. The number of nitrogens with one attached hydrogen (secondary N) is 2. The van der Waals surface area contributed by atoms with Gasteiger partial charge in [0.15, 0.2) is 5.11 Å². The maximum absolute atomic E-state index is 13.2. The molecular formula is C21H19ClF2N4O3S. The van der Waals surface area contributed by atoms with Crippen LogP contribution < -0.4 is 15.4 Å². The number of hydrogen-bond donors (Lipinski definition) is 3. The minimum absolute atomic E-state index is 0.0337. The first-order valence-corrected chi connectivity index (χ1v) is 10.1. The van der Waals surface area contributed by atoms with Crippen LogP contribution in [0, 0.1) is 0 Å². The molecule has 7 nitrogen and oxygen atoms in total. The molecule has 0 aliphatic carbocycles. The fourth-order valence-electron chi connectivity index (χ4n) is 2.58. The summed E-state index contributed by atoms with van der Waals surface area (Å²) < 4.78 is 36.2. The van der Waals surface area contributed by atoms with E-state index in [9.17, 15) is 13.9 Å². The molecule has 3 aromatic rings. The zero-order valence-corrected chi connectivity index (χ0v) is 18.2. The van der Waals surface area contributed by atoms with Crippen molar-refractivity contribution in [2.75, 3.05) is 11.9 Å². The number of aromatic nitrogens is 2. The Hall–Kier alpha value is -3.08. The maximum atomic E-state index is 13.2. The molecule has 1 aromatic heterocycles. The zero-order valence-electron chi connectivity index (χ0n) is 16.6. The average molecular weight is 481 g/mol. The number of halogens is 3. The van der Waals surface area contributed by atoms with E-state index in [1.165, 1.54) is 24.3 Å². The molecular weight excluding hydrogens is 462 g/mol. The van der Waals surface area contributed by atoms with Gasteiger partial charge in [-0.05, 0) is 60.7 Å². The third-order valence-corrected chi connectivity index (χ3v) is 4.62. The van der Waals surface area contributed by atoms with Crippen molar-refractivity contribution >= 4 is 34.6 Å². The van der Waals surface area contributed by atoms with Crippen molar-refractivity contribution < 1.29 is 23.1 Å². The normalized spacial score (nSPS) is 12.1. The van der Waals surface area contributed by atoms with Crippen molar-refractivity contribution in [2.24, 2.45) is 0 Å². The number of ether oxygens (including phenoxy) is 1. The van der Waals surface area contributed by atoms with Crippen LogP contribution in [-0.4, -0.2) is 39.1 Å². The van der Waals surface area contributed by atoms with Gasteiger partial charge in [-0.3, -0.25) is 0 Å². The van der Waals surface area contributed by atoms with Gasteiger partial charge in [0.1, 0.15) is 5.75 Å². The van der Waals surface area contributed by atoms with Gasteiger partial charge in [-0.25, -0.2) is 0 Å². The first-order valence-electron chi connectivity index (χ1n) is 9.35. The summed E-state index contributed by atoms with van der Waals surface area (Å²) in [4.78, 5) is 4.28. The number of anilines is 1. The summed E-state index contributed by atoms with van der Waals surface area (Å²) >= 11 is 11.1. The second-order valence-electron chi connectivity index (χ2n) is 6.59. The van der Waals surface area contributed by atoms with E-state index in [-0.39, 0.29) is 30.5 Å². The van der Waals surface area contributed by atoms with E-state index in [0.29, 0.717) is 21.8 Å². The quantitative estimate of drug-likeness (QED) is 0.306. The Balaban J connectivity index is 1.58. The number of benzene rings is 2. The number of aliphatic hydroxyl groups excluding tert-OH is 1. The van der Waals surface area contributed by atoms with Crippen LogP contribution in [0.2, 0.25) is 5.02 Å². The van der Waals surface area contributed by atoms with Gasteiger partial charge in [-0.15, -0.1) is 0 Å². The van der Waals surface area contributed by atoms with Crippen LogP contribution in [0.3, 0.4) is 0 Å². The van der Waals surface area contributed by atoms with Gasteiger partial charge in [0.05, 0.1) is 12.6 Å². The molecule has 11 heteroatoms. The number of rotatable bonds is 9. The Kier molecular flexibility index (Phi) is 7.73. The fraction of sp³-hybridized carbons (Fsp3) is 0.190. The van der Waals surface area contributed by atoms with E-state index in [1.54, 1.807) is 24.3 Å². The third kappa shape index (κ3) is 6.71. The summed E-state index contributed by atoms with van der Waals surface area (Å²) in [6, 6.07) is 12.3. The Morgan fingerprint density at radius 3 is 2.56 bits per heavy atom. The second-order valence-corrected chi connectivity index (χ2v) is 7.44. The minimum Gasteiger partial charge on any atom is -0.429 e. The number of aliphatic hydroxyl groups is 1. The van der Waals surface area contributed by atoms with Gasteiger partial charge in [-0.2, -0.15) is 13.8 Å². The molecule has 0 fully saturated rings. The van der Waals surface area contributed by atoms with Gasteiger partial charge < -0.3 is 25.0 Å². The monoisotopic (exact) mass is 480 g/mol. The summed E-state index contributed by atoms with van der Waals surface area (Å²) in [5.74, 6) is 0.494. The van der Waals surface area contributed by atoms with Crippen LogP contribution >= 0.6 is 23.8 Å². The third-order valence-electron chi connectivity index (χ3n) is 4.15. The van der Waals surface area contributed by atoms with Gasteiger partial charge in [0.25, 0.3) is 0 Å². The Morgan fingerprint density at radius 2 is 1.94 bits per heavy atom. The molecule has 2 aromatic carbocycles. The molecule has 32 heavy (non-hydrogen) atoms. The van der Waals surface area contributed by atoms with Crippen LogP contribution in [0.25, 0.3) is 11.4 Å². The number of nitrogens with zero attached hydrogens (tertiary/aromatic N) is 2. The van der Waals surface area contributed by atoms with E-state index < -0.39 is 12.2 Å². The number of hydrogen-bond acceptors (Lipinski definition) is 6. The minimum atomic E-state index is -3.46. The summed E-state index contributed by atoms with van der Waals surface area (Å²) in [7, 11) is 0. The molecule has 0 radical (unpaired) electrons. The largest absolute Gasteiger partial charge is 0.429 e. The number of alkyl halides is 2. The molecule has 168 valence electrons. The lowest BCUT2D eigenvalue weighted by Gasteiger charge is -2.17. The topological polar surface area (TPSA) is 92.4 Å². The van der Waals surface area contributed by atoms with E-state index in [2.05, 4.69) is 32.1 Å². The highest BCUT2D eigenvalue weighted by atomic mass is 35.5. The molecule has 0 aliphatic heterocycles. The van der Waals surface area contributed by atoms with Gasteiger partial charge >= 0.3 is 6.11 Å². The standard InChI is InChI=1S/C21H19ClF2N4O3S/c1-2-21(23,24)30-17-9-3-13(4-10-17)19-27-18(31-28-19)11-16(12-29)26-20(32)25-15-7-5-14(22)6-8-15/h2-10,16,29H,1,11-12H2,(H2,25,26,32).